The largest absolute Gasteiger partial charge is 0.479 e. The Hall–Kier alpha value is -2.86. The number of hydrogen-bond donors (Lipinski definition) is 1. The Morgan fingerprint density at radius 3 is 2.71 bits per heavy atom. The number of nitrogens with zero attached hydrogens (tertiary/aromatic N) is 6. The first kappa shape index (κ1) is 21.4. The summed E-state index contributed by atoms with van der Waals surface area (Å²) < 4.78 is 43.8. The monoisotopic (exact) mass is 437 g/mol. The summed E-state index contributed by atoms with van der Waals surface area (Å²) in [4.78, 5) is 20.0. The molecule has 31 heavy (non-hydrogen) atoms. The highest BCUT2D eigenvalue weighted by Crippen LogP contribution is 2.24. The normalized spacial score (nSPS) is 17.3. The van der Waals surface area contributed by atoms with E-state index in [1.807, 2.05) is 4.90 Å². The van der Waals surface area contributed by atoms with Crippen LogP contribution in [-0.4, -0.2) is 90.5 Å². The van der Waals surface area contributed by atoms with E-state index >= 15 is 0 Å². The second-order valence-electron chi connectivity index (χ2n) is 7.25. The van der Waals surface area contributed by atoms with Gasteiger partial charge in [-0.3, -0.25) is 4.90 Å². The Labute approximate surface area is 178 Å². The first-order chi connectivity index (χ1) is 15.1. The van der Waals surface area contributed by atoms with E-state index in [9.17, 15) is 8.78 Å². The Morgan fingerprint density at radius 1 is 1.16 bits per heavy atom. The Balaban J connectivity index is 1.18. The van der Waals surface area contributed by atoms with Crippen LogP contribution in [0.2, 0.25) is 0 Å². The lowest BCUT2D eigenvalue weighted by Gasteiger charge is -2.38. The van der Waals surface area contributed by atoms with Crippen molar-refractivity contribution in [2.45, 2.75) is 12.5 Å². The maximum Gasteiger partial charge on any atom is 0.258 e. The summed E-state index contributed by atoms with van der Waals surface area (Å²) in [6, 6.07) is 0. The van der Waals surface area contributed by atoms with Crippen molar-refractivity contribution in [1.82, 2.24) is 24.8 Å². The zero-order chi connectivity index (χ0) is 21.6. The van der Waals surface area contributed by atoms with Crippen LogP contribution in [0.1, 0.15) is 6.42 Å². The smallest absolute Gasteiger partial charge is 0.258 e. The maximum absolute atomic E-state index is 14.0. The summed E-state index contributed by atoms with van der Waals surface area (Å²) in [5, 5.41) is 3.04. The molecule has 2 aliphatic rings. The number of methoxy groups -OCH3 is 1. The van der Waals surface area contributed by atoms with E-state index in [4.69, 9.17) is 14.2 Å². The van der Waals surface area contributed by atoms with Crippen LogP contribution in [-0.2, 0) is 4.74 Å². The molecular weight excluding hydrogens is 412 g/mol. The van der Waals surface area contributed by atoms with Gasteiger partial charge in [0, 0.05) is 39.3 Å². The van der Waals surface area contributed by atoms with Gasteiger partial charge in [-0.15, -0.1) is 0 Å². The van der Waals surface area contributed by atoms with E-state index in [1.165, 1.54) is 19.6 Å². The van der Waals surface area contributed by atoms with Crippen LogP contribution in [0.25, 0.3) is 0 Å². The Kier molecular flexibility index (Phi) is 6.87. The molecule has 2 saturated heterocycles. The molecule has 0 aromatic carbocycles. The molecule has 4 heterocycles. The molecule has 2 fully saturated rings. The Bertz CT molecular complexity index is 880. The lowest BCUT2D eigenvalue weighted by Crippen LogP contribution is -2.54. The molecule has 10 nitrogen and oxygen atoms in total. The molecule has 168 valence electrons. The second-order valence-corrected chi connectivity index (χ2v) is 7.25. The lowest BCUT2D eigenvalue weighted by molar-refractivity contribution is 0.0142. The number of rotatable bonds is 9. The van der Waals surface area contributed by atoms with Gasteiger partial charge >= 0.3 is 0 Å². The number of anilines is 2. The molecule has 0 aliphatic carbocycles. The van der Waals surface area contributed by atoms with Gasteiger partial charge in [-0.2, -0.15) is 19.3 Å². The molecule has 0 radical (unpaired) electrons. The maximum atomic E-state index is 14.0. The van der Waals surface area contributed by atoms with Gasteiger partial charge in [-0.1, -0.05) is 0 Å². The minimum atomic E-state index is -0.698. The number of morpholine rings is 1. The summed E-state index contributed by atoms with van der Waals surface area (Å²) >= 11 is 0. The van der Waals surface area contributed by atoms with Crippen LogP contribution in [0.5, 0.6) is 11.8 Å². The number of likely N-dealkylation sites (tertiary alicyclic amines) is 1. The van der Waals surface area contributed by atoms with Crippen molar-refractivity contribution >= 4 is 11.8 Å². The molecule has 0 spiro atoms. The zero-order valence-corrected chi connectivity index (χ0v) is 17.3. The number of halogens is 2. The SMILES string of the molecule is COc1ncnc(OC2CN(CCCNc3nc(N4CCOCC4)ncc3F)C2)c1F. The van der Waals surface area contributed by atoms with Crippen LogP contribution in [0.4, 0.5) is 20.5 Å². The molecule has 0 bridgehead atoms. The third-order valence-corrected chi connectivity index (χ3v) is 5.09. The average Bonchev–Trinajstić information content (AvgIpc) is 2.77. The predicted molar refractivity (Wildman–Crippen MR) is 108 cm³/mol. The van der Waals surface area contributed by atoms with Crippen LogP contribution in [0.3, 0.4) is 0 Å². The average molecular weight is 437 g/mol. The fourth-order valence-electron chi connectivity index (χ4n) is 3.41. The molecule has 12 heteroatoms. The zero-order valence-electron chi connectivity index (χ0n) is 17.3. The summed E-state index contributed by atoms with van der Waals surface area (Å²) in [5.74, 6) is -0.708. The number of aromatic nitrogens is 4. The minimum Gasteiger partial charge on any atom is -0.479 e. The van der Waals surface area contributed by atoms with Gasteiger partial charge in [0.1, 0.15) is 12.4 Å². The molecule has 0 atom stereocenters. The molecule has 0 unspecified atom stereocenters. The Morgan fingerprint density at radius 2 is 1.94 bits per heavy atom. The van der Waals surface area contributed by atoms with E-state index in [0.717, 1.165) is 13.0 Å². The highest BCUT2D eigenvalue weighted by atomic mass is 19.1. The second kappa shape index (κ2) is 9.96. The molecule has 0 saturated carbocycles. The third kappa shape index (κ3) is 5.25. The predicted octanol–water partition coefficient (Wildman–Crippen LogP) is 0.955. The van der Waals surface area contributed by atoms with E-state index in [-0.39, 0.29) is 23.7 Å². The summed E-state index contributed by atoms with van der Waals surface area (Å²) in [6.45, 7) is 5.29. The highest BCUT2D eigenvalue weighted by molar-refractivity contribution is 5.42. The standard InChI is InChI=1S/C19H25F2N7O3/c1-29-17-15(21)18(25-12-24-17)31-13-10-27(11-13)4-2-3-22-16-14(20)9-23-19(26-16)28-5-7-30-8-6-28/h9,12-13H,2-8,10-11H2,1H3,(H,22,23,26). The van der Waals surface area contributed by atoms with E-state index < -0.39 is 11.6 Å². The van der Waals surface area contributed by atoms with Crippen LogP contribution in [0.15, 0.2) is 12.5 Å². The molecule has 2 aromatic heterocycles. The van der Waals surface area contributed by atoms with Crippen molar-refractivity contribution in [3.8, 4) is 11.8 Å². The number of nitrogens with one attached hydrogen (secondary N) is 1. The van der Waals surface area contributed by atoms with Gasteiger partial charge in [-0.25, -0.2) is 9.37 Å². The van der Waals surface area contributed by atoms with Crippen LogP contribution in [0, 0.1) is 11.6 Å². The van der Waals surface area contributed by atoms with Gasteiger partial charge in [0.05, 0.1) is 26.5 Å². The fourth-order valence-corrected chi connectivity index (χ4v) is 3.41. The van der Waals surface area contributed by atoms with Gasteiger partial charge in [-0.05, 0) is 6.42 Å². The summed E-state index contributed by atoms with van der Waals surface area (Å²) in [7, 11) is 1.34. The van der Waals surface area contributed by atoms with Crippen molar-refractivity contribution in [2.75, 3.05) is 69.8 Å². The number of hydrogen-bond acceptors (Lipinski definition) is 10. The molecule has 4 rings (SSSR count). The van der Waals surface area contributed by atoms with Crippen molar-refractivity contribution in [2.24, 2.45) is 0 Å². The highest BCUT2D eigenvalue weighted by Gasteiger charge is 2.29. The van der Waals surface area contributed by atoms with Crippen LogP contribution >= 0.6 is 0 Å². The number of ether oxygens (including phenoxy) is 3. The van der Waals surface area contributed by atoms with Gasteiger partial charge < -0.3 is 24.4 Å². The minimum absolute atomic E-state index is 0.103. The van der Waals surface area contributed by atoms with Gasteiger partial charge in [0.2, 0.25) is 11.8 Å². The van der Waals surface area contributed by atoms with Crippen molar-refractivity contribution in [1.29, 1.82) is 0 Å². The van der Waals surface area contributed by atoms with Gasteiger partial charge in [0.25, 0.3) is 11.8 Å². The summed E-state index contributed by atoms with van der Waals surface area (Å²) in [5.41, 5.74) is 0. The molecular formula is C19H25F2N7O3. The third-order valence-electron chi connectivity index (χ3n) is 5.09. The van der Waals surface area contributed by atoms with Crippen molar-refractivity contribution < 1.29 is 23.0 Å². The van der Waals surface area contributed by atoms with E-state index in [1.54, 1.807) is 0 Å². The fraction of sp³-hybridized carbons (Fsp3) is 0.579. The first-order valence-electron chi connectivity index (χ1n) is 10.2. The molecule has 2 aromatic rings. The lowest BCUT2D eigenvalue weighted by atomic mass is 10.1. The van der Waals surface area contributed by atoms with Gasteiger partial charge in [0.15, 0.2) is 11.6 Å². The van der Waals surface area contributed by atoms with Crippen molar-refractivity contribution in [3.63, 3.8) is 0 Å². The van der Waals surface area contributed by atoms with Crippen molar-refractivity contribution in [3.05, 3.63) is 24.2 Å². The molecule has 1 N–H and O–H groups in total. The van der Waals surface area contributed by atoms with Crippen LogP contribution < -0.4 is 19.7 Å². The molecule has 0 amide bonds. The topological polar surface area (TPSA) is 97.8 Å². The summed E-state index contributed by atoms with van der Waals surface area (Å²) in [6.07, 6.45) is 3.05. The first-order valence-corrected chi connectivity index (χ1v) is 10.2. The van der Waals surface area contributed by atoms with E-state index in [2.05, 4.69) is 30.2 Å². The quantitative estimate of drug-likeness (QED) is 0.571. The van der Waals surface area contributed by atoms with E-state index in [0.29, 0.717) is 51.9 Å². The molecule has 2 aliphatic heterocycles.